The summed E-state index contributed by atoms with van der Waals surface area (Å²) in [5.74, 6) is -0.383. The van der Waals surface area contributed by atoms with E-state index in [1.165, 1.54) is 19.2 Å². The van der Waals surface area contributed by atoms with Gasteiger partial charge in [-0.15, -0.1) is 0 Å². The number of halogens is 3. The maximum absolute atomic E-state index is 13.6. The molecule has 1 N–H and O–H groups in total. The predicted octanol–water partition coefficient (Wildman–Crippen LogP) is 4.42. The average Bonchev–Trinajstić information content (AvgIpc) is 2.42. The van der Waals surface area contributed by atoms with Crippen molar-refractivity contribution < 1.29 is 14.2 Å². The Morgan fingerprint density at radius 1 is 1.20 bits per heavy atom. The Bertz CT molecular complexity index is 597. The highest BCUT2D eigenvalue weighted by molar-refractivity contribution is 6.36. The van der Waals surface area contributed by atoms with Gasteiger partial charge in [0.1, 0.15) is 0 Å². The zero-order valence-corrected chi connectivity index (χ0v) is 12.2. The molecule has 20 heavy (non-hydrogen) atoms. The summed E-state index contributed by atoms with van der Waals surface area (Å²) in [6.45, 7) is 0. The fourth-order valence-electron chi connectivity index (χ4n) is 1.93. The molecule has 0 fully saturated rings. The first-order valence-corrected chi connectivity index (χ1v) is 6.73. The summed E-state index contributed by atoms with van der Waals surface area (Å²) < 4.78 is 18.5. The zero-order chi connectivity index (χ0) is 14.7. The van der Waals surface area contributed by atoms with Gasteiger partial charge in [0, 0.05) is 16.5 Å². The van der Waals surface area contributed by atoms with Crippen molar-refractivity contribution in [1.29, 1.82) is 0 Å². The van der Waals surface area contributed by atoms with Crippen LogP contribution in [0.25, 0.3) is 0 Å². The smallest absolute Gasteiger partial charge is 0.165 e. The van der Waals surface area contributed by atoms with Crippen LogP contribution in [-0.2, 0) is 6.42 Å². The van der Waals surface area contributed by atoms with Crippen molar-refractivity contribution in [2.45, 2.75) is 12.5 Å². The fourth-order valence-corrected chi connectivity index (χ4v) is 2.48. The lowest BCUT2D eigenvalue weighted by Gasteiger charge is -2.14. The monoisotopic (exact) mass is 314 g/mol. The first kappa shape index (κ1) is 15.1. The van der Waals surface area contributed by atoms with Gasteiger partial charge in [-0.1, -0.05) is 35.3 Å². The molecule has 1 unspecified atom stereocenters. The molecule has 0 spiro atoms. The molecule has 2 aromatic carbocycles. The molecule has 106 valence electrons. The molecule has 0 saturated heterocycles. The van der Waals surface area contributed by atoms with Crippen molar-refractivity contribution in [3.8, 4) is 5.75 Å². The maximum atomic E-state index is 13.6. The first-order valence-electron chi connectivity index (χ1n) is 5.97. The van der Waals surface area contributed by atoms with E-state index in [0.29, 0.717) is 21.2 Å². The van der Waals surface area contributed by atoms with Gasteiger partial charge in [-0.25, -0.2) is 4.39 Å². The molecule has 0 radical (unpaired) electrons. The Morgan fingerprint density at radius 3 is 2.40 bits per heavy atom. The van der Waals surface area contributed by atoms with Crippen molar-refractivity contribution in [3.63, 3.8) is 0 Å². The molecule has 0 aliphatic heterocycles. The van der Waals surface area contributed by atoms with Crippen LogP contribution >= 0.6 is 23.2 Å². The number of methoxy groups -OCH3 is 1. The van der Waals surface area contributed by atoms with Crippen LogP contribution in [0, 0.1) is 5.82 Å². The molecule has 2 nitrogen and oxygen atoms in total. The highest BCUT2D eigenvalue weighted by atomic mass is 35.5. The molecule has 0 aliphatic carbocycles. The van der Waals surface area contributed by atoms with Gasteiger partial charge in [0.05, 0.1) is 13.2 Å². The van der Waals surface area contributed by atoms with Gasteiger partial charge >= 0.3 is 0 Å². The predicted molar refractivity (Wildman–Crippen MR) is 78.1 cm³/mol. The summed E-state index contributed by atoms with van der Waals surface area (Å²) in [5.41, 5.74) is 1.08. The van der Waals surface area contributed by atoms with E-state index in [0.717, 1.165) is 0 Å². The van der Waals surface area contributed by atoms with Crippen molar-refractivity contribution in [2.75, 3.05) is 7.11 Å². The van der Waals surface area contributed by atoms with Gasteiger partial charge in [-0.05, 0) is 35.4 Å². The van der Waals surface area contributed by atoms with Crippen LogP contribution in [0.15, 0.2) is 36.4 Å². The van der Waals surface area contributed by atoms with Crippen LogP contribution in [-0.4, -0.2) is 12.2 Å². The Kier molecular flexibility index (Phi) is 4.86. The fraction of sp³-hybridized carbons (Fsp3) is 0.200. The van der Waals surface area contributed by atoms with E-state index in [4.69, 9.17) is 27.9 Å². The lowest BCUT2D eigenvalue weighted by atomic mass is 10.0. The number of hydrogen-bond donors (Lipinski definition) is 1. The molecule has 0 bridgehead atoms. The molecule has 0 aromatic heterocycles. The van der Waals surface area contributed by atoms with Crippen molar-refractivity contribution in [2.24, 2.45) is 0 Å². The molecule has 1 atom stereocenters. The third-order valence-electron chi connectivity index (χ3n) is 3.02. The van der Waals surface area contributed by atoms with E-state index in [9.17, 15) is 9.50 Å². The summed E-state index contributed by atoms with van der Waals surface area (Å²) in [7, 11) is 1.39. The number of aliphatic hydroxyl groups excluding tert-OH is 1. The van der Waals surface area contributed by atoms with E-state index in [1.807, 2.05) is 0 Å². The second kappa shape index (κ2) is 6.44. The van der Waals surface area contributed by atoms with Gasteiger partial charge in [-0.2, -0.15) is 0 Å². The minimum atomic E-state index is -0.896. The molecule has 2 rings (SSSR count). The maximum Gasteiger partial charge on any atom is 0.165 e. The quantitative estimate of drug-likeness (QED) is 0.905. The second-order valence-electron chi connectivity index (χ2n) is 4.31. The van der Waals surface area contributed by atoms with Crippen molar-refractivity contribution in [1.82, 2.24) is 0 Å². The zero-order valence-electron chi connectivity index (χ0n) is 10.7. The highest BCUT2D eigenvalue weighted by Crippen LogP contribution is 2.30. The summed E-state index contributed by atoms with van der Waals surface area (Å²) in [6, 6.07) is 9.45. The van der Waals surface area contributed by atoms with Crippen molar-refractivity contribution in [3.05, 3.63) is 63.4 Å². The molecular formula is C15H13Cl2FO2. The van der Waals surface area contributed by atoms with Crippen LogP contribution in [0.2, 0.25) is 10.0 Å². The largest absolute Gasteiger partial charge is 0.494 e. The van der Waals surface area contributed by atoms with Gasteiger partial charge in [0.15, 0.2) is 11.6 Å². The van der Waals surface area contributed by atoms with E-state index >= 15 is 0 Å². The lowest BCUT2D eigenvalue weighted by Crippen LogP contribution is -2.04. The van der Waals surface area contributed by atoms with Crippen LogP contribution in [0.4, 0.5) is 4.39 Å². The molecule has 0 amide bonds. The van der Waals surface area contributed by atoms with Crippen LogP contribution in [0.3, 0.4) is 0 Å². The molecule has 2 aromatic rings. The highest BCUT2D eigenvalue weighted by Gasteiger charge is 2.15. The standard InChI is InChI=1S/C15H13Cl2FO2/c1-20-15-6-5-9(7-13(15)18)14(19)8-10-11(16)3-2-4-12(10)17/h2-7,14,19H,8H2,1H3. The number of benzene rings is 2. The summed E-state index contributed by atoms with van der Waals surface area (Å²) >= 11 is 12.1. The minimum Gasteiger partial charge on any atom is -0.494 e. The third kappa shape index (κ3) is 3.23. The Balaban J connectivity index is 2.24. The number of aliphatic hydroxyl groups is 1. The molecule has 5 heteroatoms. The summed E-state index contributed by atoms with van der Waals surface area (Å²) in [6.07, 6.45) is -0.683. The Labute approximate surface area is 126 Å². The lowest BCUT2D eigenvalue weighted by molar-refractivity contribution is 0.178. The van der Waals surface area contributed by atoms with Gasteiger partial charge in [0.2, 0.25) is 0 Å². The number of hydrogen-bond acceptors (Lipinski definition) is 2. The topological polar surface area (TPSA) is 29.5 Å². The van der Waals surface area contributed by atoms with E-state index in [2.05, 4.69) is 0 Å². The normalized spacial score (nSPS) is 12.2. The van der Waals surface area contributed by atoms with Crippen LogP contribution < -0.4 is 4.74 Å². The van der Waals surface area contributed by atoms with Crippen LogP contribution in [0.1, 0.15) is 17.2 Å². The summed E-state index contributed by atoms with van der Waals surface area (Å²) in [5, 5.41) is 11.1. The first-order chi connectivity index (χ1) is 9.52. The van der Waals surface area contributed by atoms with Crippen LogP contribution in [0.5, 0.6) is 5.75 Å². The SMILES string of the molecule is COc1ccc(C(O)Cc2c(Cl)cccc2Cl)cc1F. The molecular weight excluding hydrogens is 302 g/mol. The number of ether oxygens (including phenoxy) is 1. The molecule has 0 saturated carbocycles. The van der Waals surface area contributed by atoms with Gasteiger partial charge in [0.25, 0.3) is 0 Å². The Morgan fingerprint density at radius 2 is 1.85 bits per heavy atom. The van der Waals surface area contributed by atoms with E-state index < -0.39 is 11.9 Å². The number of rotatable bonds is 4. The molecule has 0 heterocycles. The Hall–Kier alpha value is -1.29. The third-order valence-corrected chi connectivity index (χ3v) is 3.73. The van der Waals surface area contributed by atoms with E-state index in [1.54, 1.807) is 24.3 Å². The minimum absolute atomic E-state index is 0.136. The second-order valence-corrected chi connectivity index (χ2v) is 5.13. The van der Waals surface area contributed by atoms with Crippen molar-refractivity contribution >= 4 is 23.2 Å². The summed E-state index contributed by atoms with van der Waals surface area (Å²) in [4.78, 5) is 0. The van der Waals surface area contributed by atoms with Gasteiger partial charge in [-0.3, -0.25) is 0 Å². The van der Waals surface area contributed by atoms with Gasteiger partial charge < -0.3 is 9.84 Å². The molecule has 0 aliphatic rings. The average molecular weight is 315 g/mol. The van der Waals surface area contributed by atoms with E-state index in [-0.39, 0.29) is 12.2 Å².